The van der Waals surface area contributed by atoms with Crippen LogP contribution < -0.4 is 0 Å². The predicted octanol–water partition coefficient (Wildman–Crippen LogP) is 0.780. The van der Waals surface area contributed by atoms with Gasteiger partial charge in [-0.05, 0) is 12.5 Å². The van der Waals surface area contributed by atoms with Gasteiger partial charge in [0.1, 0.15) is 12.6 Å². The second-order valence-corrected chi connectivity index (χ2v) is 6.13. The molecule has 2 atom stereocenters. The number of aliphatic hydroxyl groups is 1. The van der Waals surface area contributed by atoms with Gasteiger partial charge in [0.15, 0.2) is 0 Å². The number of aliphatic hydroxyl groups excluding tert-OH is 1. The number of nitrogens with zero attached hydrogens (tertiary/aromatic N) is 2. The highest BCUT2D eigenvalue weighted by Crippen LogP contribution is 2.15. The van der Waals surface area contributed by atoms with Crippen molar-refractivity contribution in [2.45, 2.75) is 32.1 Å². The van der Waals surface area contributed by atoms with Crippen molar-refractivity contribution in [1.29, 1.82) is 0 Å². The number of carbonyl (C=O) groups is 3. The number of β-amino-alcohol motifs (C(OH)–C–C–N with tert-alkyl or cyclic N) is 1. The summed E-state index contributed by atoms with van der Waals surface area (Å²) in [4.78, 5) is 38.7. The van der Waals surface area contributed by atoms with Gasteiger partial charge in [-0.25, -0.2) is 4.79 Å². The summed E-state index contributed by atoms with van der Waals surface area (Å²) >= 11 is 0. The van der Waals surface area contributed by atoms with E-state index in [4.69, 9.17) is 4.74 Å². The van der Waals surface area contributed by atoms with Crippen molar-refractivity contribution >= 4 is 18.0 Å². The summed E-state index contributed by atoms with van der Waals surface area (Å²) in [5.74, 6) is -0.835. The predicted molar refractivity (Wildman–Crippen MR) is 92.0 cm³/mol. The Bertz CT molecular complexity index is 636. The standard InChI is InChI=1S/C18H24N2O6/c1-13-17(23)19(11-15(21)10-16(22)25-2)8-9-20(13)18(24)26-12-14-6-4-3-5-7-14/h3-7,13,15,21H,8-12H2,1-2H3/t13-,15+/m0/s1. The van der Waals surface area contributed by atoms with E-state index in [9.17, 15) is 19.5 Å². The van der Waals surface area contributed by atoms with Gasteiger partial charge in [0.05, 0.1) is 19.6 Å². The van der Waals surface area contributed by atoms with Gasteiger partial charge in [0, 0.05) is 19.6 Å². The minimum atomic E-state index is -1.00. The van der Waals surface area contributed by atoms with Gasteiger partial charge in [0.2, 0.25) is 5.91 Å². The lowest BCUT2D eigenvalue weighted by molar-refractivity contribution is -0.146. The molecular formula is C18H24N2O6. The number of amides is 2. The van der Waals surface area contributed by atoms with Crippen molar-refractivity contribution in [2.75, 3.05) is 26.7 Å². The summed E-state index contributed by atoms with van der Waals surface area (Å²) < 4.78 is 9.77. The molecule has 1 aromatic rings. The molecule has 0 bridgehead atoms. The zero-order chi connectivity index (χ0) is 19.1. The normalized spacial score (nSPS) is 18.4. The zero-order valence-electron chi connectivity index (χ0n) is 15.0. The number of hydrogen-bond donors (Lipinski definition) is 1. The van der Waals surface area contributed by atoms with Gasteiger partial charge in [-0.2, -0.15) is 0 Å². The zero-order valence-corrected chi connectivity index (χ0v) is 15.0. The fourth-order valence-corrected chi connectivity index (χ4v) is 2.76. The van der Waals surface area contributed by atoms with Crippen molar-refractivity contribution in [3.63, 3.8) is 0 Å². The molecule has 1 aliphatic heterocycles. The van der Waals surface area contributed by atoms with Crippen molar-refractivity contribution in [3.8, 4) is 0 Å². The maximum absolute atomic E-state index is 12.5. The van der Waals surface area contributed by atoms with E-state index in [-0.39, 0.29) is 32.0 Å². The number of ether oxygens (including phenoxy) is 2. The van der Waals surface area contributed by atoms with Crippen LogP contribution in [0.3, 0.4) is 0 Å². The number of esters is 1. The van der Waals surface area contributed by atoms with Gasteiger partial charge in [-0.3, -0.25) is 14.5 Å². The van der Waals surface area contributed by atoms with E-state index in [1.54, 1.807) is 6.92 Å². The Balaban J connectivity index is 1.86. The highest BCUT2D eigenvalue weighted by atomic mass is 16.6. The molecule has 8 heteroatoms. The van der Waals surface area contributed by atoms with Crippen molar-refractivity contribution in [2.24, 2.45) is 0 Å². The van der Waals surface area contributed by atoms with E-state index < -0.39 is 24.2 Å². The first-order chi connectivity index (χ1) is 12.4. The summed E-state index contributed by atoms with van der Waals surface area (Å²) in [6.45, 7) is 2.34. The number of benzene rings is 1. The summed E-state index contributed by atoms with van der Waals surface area (Å²) in [6.07, 6.45) is -1.74. The summed E-state index contributed by atoms with van der Waals surface area (Å²) in [5.41, 5.74) is 0.865. The first kappa shape index (κ1) is 19.7. The summed E-state index contributed by atoms with van der Waals surface area (Å²) in [7, 11) is 1.24. The minimum Gasteiger partial charge on any atom is -0.469 e. The lowest BCUT2D eigenvalue weighted by Gasteiger charge is -2.39. The molecule has 1 aromatic carbocycles. The van der Waals surface area contributed by atoms with Crippen LogP contribution in [0.2, 0.25) is 0 Å². The van der Waals surface area contributed by atoms with Crippen LogP contribution in [0.1, 0.15) is 18.9 Å². The van der Waals surface area contributed by atoms with Crippen molar-refractivity contribution < 1.29 is 29.0 Å². The molecule has 0 aliphatic carbocycles. The Hall–Kier alpha value is -2.61. The number of piperazine rings is 1. The van der Waals surface area contributed by atoms with Gasteiger partial charge in [-0.1, -0.05) is 30.3 Å². The molecule has 0 saturated carbocycles. The third-order valence-corrected chi connectivity index (χ3v) is 4.25. The van der Waals surface area contributed by atoms with E-state index in [1.165, 1.54) is 16.9 Å². The molecule has 2 rings (SSSR count). The number of hydrogen-bond acceptors (Lipinski definition) is 6. The molecule has 2 amide bonds. The average molecular weight is 364 g/mol. The molecule has 0 radical (unpaired) electrons. The highest BCUT2D eigenvalue weighted by molar-refractivity contribution is 5.86. The van der Waals surface area contributed by atoms with Crippen LogP contribution in [-0.4, -0.2) is 71.8 Å². The molecule has 26 heavy (non-hydrogen) atoms. The van der Waals surface area contributed by atoms with E-state index in [0.717, 1.165) is 5.56 Å². The lowest BCUT2D eigenvalue weighted by Crippen LogP contribution is -2.58. The topological polar surface area (TPSA) is 96.4 Å². The highest BCUT2D eigenvalue weighted by Gasteiger charge is 2.36. The van der Waals surface area contributed by atoms with Gasteiger partial charge in [0.25, 0.3) is 0 Å². The molecule has 0 unspecified atom stereocenters. The quantitative estimate of drug-likeness (QED) is 0.750. The monoisotopic (exact) mass is 364 g/mol. The van der Waals surface area contributed by atoms with Gasteiger partial charge >= 0.3 is 12.1 Å². The Morgan fingerprint density at radius 1 is 1.27 bits per heavy atom. The van der Waals surface area contributed by atoms with Crippen LogP contribution in [-0.2, 0) is 25.7 Å². The molecule has 1 aliphatic rings. The maximum Gasteiger partial charge on any atom is 0.410 e. The third-order valence-electron chi connectivity index (χ3n) is 4.25. The number of carbonyl (C=O) groups excluding carboxylic acids is 3. The fourth-order valence-electron chi connectivity index (χ4n) is 2.76. The van der Waals surface area contributed by atoms with E-state index in [0.29, 0.717) is 6.54 Å². The van der Waals surface area contributed by atoms with Crippen LogP contribution in [0.4, 0.5) is 4.79 Å². The number of methoxy groups -OCH3 is 1. The van der Waals surface area contributed by atoms with Crippen LogP contribution >= 0.6 is 0 Å². The van der Waals surface area contributed by atoms with Crippen molar-refractivity contribution in [1.82, 2.24) is 9.80 Å². The average Bonchev–Trinajstić information content (AvgIpc) is 2.64. The lowest BCUT2D eigenvalue weighted by atomic mass is 10.1. The van der Waals surface area contributed by atoms with E-state index in [1.807, 2.05) is 30.3 Å². The molecule has 1 N–H and O–H groups in total. The van der Waals surface area contributed by atoms with Crippen LogP contribution in [0.15, 0.2) is 30.3 Å². The summed E-state index contributed by atoms with van der Waals surface area (Å²) in [5, 5.41) is 9.89. The molecule has 1 heterocycles. The van der Waals surface area contributed by atoms with Gasteiger partial charge < -0.3 is 19.5 Å². The Labute approximate surface area is 152 Å². The third kappa shape index (κ3) is 5.19. The van der Waals surface area contributed by atoms with E-state index >= 15 is 0 Å². The summed E-state index contributed by atoms with van der Waals surface area (Å²) in [6, 6.07) is 8.59. The molecule has 1 fully saturated rings. The Morgan fingerprint density at radius 3 is 2.62 bits per heavy atom. The van der Waals surface area contributed by atoms with Crippen LogP contribution in [0.25, 0.3) is 0 Å². The largest absolute Gasteiger partial charge is 0.469 e. The smallest absolute Gasteiger partial charge is 0.410 e. The molecule has 0 aromatic heterocycles. The second-order valence-electron chi connectivity index (χ2n) is 6.13. The first-order valence-corrected chi connectivity index (χ1v) is 8.43. The molecule has 1 saturated heterocycles. The first-order valence-electron chi connectivity index (χ1n) is 8.43. The van der Waals surface area contributed by atoms with Crippen molar-refractivity contribution in [3.05, 3.63) is 35.9 Å². The molecule has 8 nitrogen and oxygen atoms in total. The number of rotatable bonds is 6. The SMILES string of the molecule is COC(=O)C[C@@H](O)CN1CCN(C(=O)OCc2ccccc2)[C@@H](C)C1=O. The van der Waals surface area contributed by atoms with Crippen LogP contribution in [0.5, 0.6) is 0 Å². The molecule has 142 valence electrons. The second kappa shape index (κ2) is 9.19. The van der Waals surface area contributed by atoms with Crippen LogP contribution in [0, 0.1) is 0 Å². The fraction of sp³-hybridized carbons (Fsp3) is 0.500. The van der Waals surface area contributed by atoms with E-state index in [2.05, 4.69) is 4.74 Å². The molecular weight excluding hydrogens is 340 g/mol. The Morgan fingerprint density at radius 2 is 1.96 bits per heavy atom. The minimum absolute atomic E-state index is 0.0190. The van der Waals surface area contributed by atoms with Gasteiger partial charge in [-0.15, -0.1) is 0 Å². The molecule has 0 spiro atoms. The maximum atomic E-state index is 12.5. The Kier molecular flexibility index (Phi) is 6.97.